The van der Waals surface area contributed by atoms with Gasteiger partial charge in [-0.1, -0.05) is 31.0 Å². The number of amides is 4. The van der Waals surface area contributed by atoms with Crippen molar-refractivity contribution in [3.05, 3.63) is 65.0 Å². The van der Waals surface area contributed by atoms with Crippen molar-refractivity contribution in [2.45, 2.75) is 58.0 Å². The number of Topliss-reactive ketones (excluding diaryl/α,β-unsaturated/α-hetero) is 2. The van der Waals surface area contributed by atoms with Crippen LogP contribution >= 0.6 is 0 Å². The van der Waals surface area contributed by atoms with Gasteiger partial charge in [-0.15, -0.1) is 0 Å². The van der Waals surface area contributed by atoms with Crippen LogP contribution in [0.25, 0.3) is 0 Å². The van der Waals surface area contributed by atoms with Gasteiger partial charge in [-0.3, -0.25) is 19.2 Å². The van der Waals surface area contributed by atoms with E-state index in [1.807, 2.05) is 0 Å². The summed E-state index contributed by atoms with van der Waals surface area (Å²) >= 11 is 0. The molecule has 2 aromatic rings. The molecule has 10 heteroatoms. The standard InChI is InChI=1S/C29H33FN4O5/c1-17(35)21-11-22(18(2)36)13-23(12-21)31-29(39)33-25-10-6-4-8-20(25)15-34-16-27(37)32-26(28(34)38)14-19-7-3-5-9-24(19)30/h3,5,7,9,11-13,20,25-26H,4,6,8,10,14-16H2,1-2H3,(H,32,37)(H2,31,33,39)/t20-,25+,26-/m0/s1. The Bertz CT molecular complexity index is 1260. The first-order valence-corrected chi connectivity index (χ1v) is 13.2. The molecule has 39 heavy (non-hydrogen) atoms. The van der Waals surface area contributed by atoms with Gasteiger partial charge in [0.25, 0.3) is 0 Å². The highest BCUT2D eigenvalue weighted by Crippen LogP contribution is 2.27. The first kappa shape index (κ1) is 27.9. The van der Waals surface area contributed by atoms with Crippen molar-refractivity contribution in [1.29, 1.82) is 0 Å². The lowest BCUT2D eigenvalue weighted by Crippen LogP contribution is -2.60. The van der Waals surface area contributed by atoms with Gasteiger partial charge in [0.05, 0.1) is 6.54 Å². The maximum Gasteiger partial charge on any atom is 0.319 e. The van der Waals surface area contributed by atoms with Gasteiger partial charge in [-0.2, -0.15) is 0 Å². The average molecular weight is 537 g/mol. The number of rotatable bonds is 8. The van der Waals surface area contributed by atoms with Crippen LogP contribution in [0.4, 0.5) is 14.9 Å². The summed E-state index contributed by atoms with van der Waals surface area (Å²) in [5.41, 5.74) is 1.33. The topological polar surface area (TPSA) is 125 Å². The number of benzene rings is 2. The number of halogens is 1. The highest BCUT2D eigenvalue weighted by molar-refractivity contribution is 6.02. The molecule has 0 bridgehead atoms. The Hall–Kier alpha value is -4.08. The van der Waals surface area contributed by atoms with E-state index in [0.29, 0.717) is 35.3 Å². The number of hydrogen-bond donors (Lipinski definition) is 3. The van der Waals surface area contributed by atoms with Crippen molar-refractivity contribution in [3.8, 4) is 0 Å². The third-order valence-electron chi connectivity index (χ3n) is 7.35. The SMILES string of the molecule is CC(=O)c1cc(NC(=O)N[C@@H]2CCCC[C@H]2CN2CC(=O)N[C@@H](Cc3ccccc3F)C2=O)cc(C(C)=O)c1. The summed E-state index contributed by atoms with van der Waals surface area (Å²) in [6.45, 7) is 2.98. The van der Waals surface area contributed by atoms with Gasteiger partial charge in [-0.05, 0) is 62.4 Å². The van der Waals surface area contributed by atoms with Crippen molar-refractivity contribution < 1.29 is 28.4 Å². The van der Waals surface area contributed by atoms with E-state index in [2.05, 4.69) is 16.0 Å². The molecule has 0 spiro atoms. The van der Waals surface area contributed by atoms with Crippen LogP contribution in [-0.4, -0.2) is 59.5 Å². The smallest absolute Gasteiger partial charge is 0.319 e. The van der Waals surface area contributed by atoms with Gasteiger partial charge < -0.3 is 20.9 Å². The van der Waals surface area contributed by atoms with E-state index in [-0.39, 0.29) is 48.3 Å². The molecule has 4 rings (SSSR count). The van der Waals surface area contributed by atoms with Crippen LogP contribution in [0, 0.1) is 11.7 Å². The zero-order valence-corrected chi connectivity index (χ0v) is 22.1. The maximum atomic E-state index is 14.2. The molecule has 3 N–H and O–H groups in total. The fourth-order valence-corrected chi connectivity index (χ4v) is 5.29. The van der Waals surface area contributed by atoms with Crippen molar-refractivity contribution in [3.63, 3.8) is 0 Å². The summed E-state index contributed by atoms with van der Waals surface area (Å²) in [6.07, 6.45) is 3.37. The summed E-state index contributed by atoms with van der Waals surface area (Å²) in [5, 5.41) is 8.39. The predicted octanol–water partition coefficient (Wildman–Crippen LogP) is 3.48. The molecule has 4 amide bonds. The highest BCUT2D eigenvalue weighted by Gasteiger charge is 2.36. The lowest BCUT2D eigenvalue weighted by atomic mass is 9.83. The van der Waals surface area contributed by atoms with E-state index in [4.69, 9.17) is 0 Å². The van der Waals surface area contributed by atoms with Crippen molar-refractivity contribution in [1.82, 2.24) is 15.5 Å². The number of anilines is 1. The number of hydrogen-bond acceptors (Lipinski definition) is 5. The quantitative estimate of drug-likeness (QED) is 0.446. The van der Waals surface area contributed by atoms with Crippen LogP contribution in [0.3, 0.4) is 0 Å². The molecular formula is C29H33FN4O5. The molecule has 0 aromatic heterocycles. The fourth-order valence-electron chi connectivity index (χ4n) is 5.29. The van der Waals surface area contributed by atoms with Gasteiger partial charge in [0.1, 0.15) is 11.9 Å². The molecular weight excluding hydrogens is 503 g/mol. The minimum Gasteiger partial charge on any atom is -0.342 e. The number of carbonyl (C=O) groups is 5. The molecule has 0 radical (unpaired) electrons. The fraction of sp³-hybridized carbons (Fsp3) is 0.414. The summed E-state index contributed by atoms with van der Waals surface area (Å²) < 4.78 is 14.2. The maximum absolute atomic E-state index is 14.2. The van der Waals surface area contributed by atoms with Crippen molar-refractivity contribution >= 4 is 35.1 Å². The number of piperazine rings is 1. The second-order valence-electron chi connectivity index (χ2n) is 10.3. The highest BCUT2D eigenvalue weighted by atomic mass is 19.1. The molecule has 1 saturated carbocycles. The van der Waals surface area contributed by atoms with E-state index < -0.39 is 17.9 Å². The Morgan fingerprint density at radius 2 is 1.67 bits per heavy atom. The van der Waals surface area contributed by atoms with E-state index in [1.54, 1.807) is 18.2 Å². The molecule has 206 valence electrons. The van der Waals surface area contributed by atoms with E-state index in [1.165, 1.54) is 43.0 Å². The van der Waals surface area contributed by atoms with Crippen LogP contribution in [0.15, 0.2) is 42.5 Å². The zero-order valence-electron chi connectivity index (χ0n) is 22.1. The Balaban J connectivity index is 1.42. The van der Waals surface area contributed by atoms with E-state index in [9.17, 15) is 28.4 Å². The monoisotopic (exact) mass is 536 g/mol. The first-order valence-electron chi connectivity index (χ1n) is 13.2. The Labute approximate surface area is 226 Å². The molecule has 1 saturated heterocycles. The van der Waals surface area contributed by atoms with Crippen molar-refractivity contribution in [2.24, 2.45) is 5.92 Å². The van der Waals surface area contributed by atoms with E-state index >= 15 is 0 Å². The van der Waals surface area contributed by atoms with Gasteiger partial charge in [0.15, 0.2) is 11.6 Å². The molecule has 1 aliphatic heterocycles. The zero-order chi connectivity index (χ0) is 28.1. The molecule has 3 atom stereocenters. The molecule has 0 unspecified atom stereocenters. The summed E-state index contributed by atoms with van der Waals surface area (Å²) in [4.78, 5) is 63.8. The second kappa shape index (κ2) is 12.2. The molecule has 2 aromatic carbocycles. The van der Waals surface area contributed by atoms with Gasteiger partial charge in [0, 0.05) is 35.8 Å². The Morgan fingerprint density at radius 1 is 1.00 bits per heavy atom. The number of urea groups is 1. The Morgan fingerprint density at radius 3 is 2.33 bits per heavy atom. The summed E-state index contributed by atoms with van der Waals surface area (Å²) in [6, 6.07) is 9.13. The lowest BCUT2D eigenvalue weighted by Gasteiger charge is -2.39. The van der Waals surface area contributed by atoms with Crippen molar-refractivity contribution in [2.75, 3.05) is 18.4 Å². The number of carbonyl (C=O) groups excluding carboxylic acids is 5. The van der Waals surface area contributed by atoms with Crippen LogP contribution in [0.1, 0.15) is 65.8 Å². The predicted molar refractivity (Wildman–Crippen MR) is 143 cm³/mol. The molecule has 2 fully saturated rings. The molecule has 1 aliphatic carbocycles. The second-order valence-corrected chi connectivity index (χ2v) is 10.3. The third-order valence-corrected chi connectivity index (χ3v) is 7.35. The normalized spacial score (nSPS) is 21.2. The van der Waals surface area contributed by atoms with Crippen LogP contribution in [-0.2, 0) is 16.0 Å². The summed E-state index contributed by atoms with van der Waals surface area (Å²) in [7, 11) is 0. The van der Waals surface area contributed by atoms with Crippen LogP contribution in [0.5, 0.6) is 0 Å². The summed E-state index contributed by atoms with van der Waals surface area (Å²) in [5.74, 6) is -1.53. The minimum atomic E-state index is -0.856. The molecule has 1 heterocycles. The first-order chi connectivity index (χ1) is 18.6. The van der Waals surface area contributed by atoms with Crippen LogP contribution in [0.2, 0.25) is 0 Å². The lowest BCUT2D eigenvalue weighted by molar-refractivity contribution is -0.145. The van der Waals surface area contributed by atoms with Gasteiger partial charge in [0.2, 0.25) is 11.8 Å². The number of nitrogens with zero attached hydrogens (tertiary/aromatic N) is 1. The molecule has 9 nitrogen and oxygen atoms in total. The average Bonchev–Trinajstić information content (AvgIpc) is 2.88. The Kier molecular flexibility index (Phi) is 8.73. The number of ketones is 2. The largest absolute Gasteiger partial charge is 0.342 e. The van der Waals surface area contributed by atoms with E-state index in [0.717, 1.165) is 19.3 Å². The number of nitrogens with one attached hydrogen (secondary N) is 3. The third kappa shape index (κ3) is 7.07. The van der Waals surface area contributed by atoms with Gasteiger partial charge in [-0.25, -0.2) is 9.18 Å². The van der Waals surface area contributed by atoms with Gasteiger partial charge >= 0.3 is 6.03 Å². The minimum absolute atomic E-state index is 0.0596. The van der Waals surface area contributed by atoms with Crippen LogP contribution < -0.4 is 16.0 Å². The molecule has 2 aliphatic rings.